The van der Waals surface area contributed by atoms with Crippen molar-refractivity contribution >= 4 is 29.2 Å². The van der Waals surface area contributed by atoms with Crippen LogP contribution in [0.25, 0.3) is 0 Å². The predicted octanol–water partition coefficient (Wildman–Crippen LogP) is 1.48. The molecule has 2 rings (SSSR count). The van der Waals surface area contributed by atoms with Gasteiger partial charge >= 0.3 is 5.97 Å². The second-order valence-corrected chi connectivity index (χ2v) is 5.13. The zero-order valence-electron chi connectivity index (χ0n) is 12.3. The maximum absolute atomic E-state index is 12.2. The molecule has 1 aliphatic heterocycles. The van der Waals surface area contributed by atoms with E-state index in [1.54, 1.807) is 6.07 Å². The van der Waals surface area contributed by atoms with Crippen LogP contribution in [0, 0.1) is 12.8 Å². The fraction of sp³-hybridized carbons (Fsp3) is 0.400. The van der Waals surface area contributed by atoms with Crippen LogP contribution in [0.15, 0.2) is 18.2 Å². The smallest absolute Gasteiger partial charge is 0.311 e. The summed E-state index contributed by atoms with van der Waals surface area (Å²) in [7, 11) is 1.31. The van der Waals surface area contributed by atoms with Gasteiger partial charge in [-0.05, 0) is 24.6 Å². The van der Waals surface area contributed by atoms with Gasteiger partial charge in [-0.15, -0.1) is 0 Å². The summed E-state index contributed by atoms with van der Waals surface area (Å²) in [6, 6.07) is 5.43. The lowest BCUT2D eigenvalue weighted by Gasteiger charge is -2.21. The van der Waals surface area contributed by atoms with Crippen LogP contribution in [0.5, 0.6) is 0 Å². The highest BCUT2D eigenvalue weighted by Gasteiger charge is 2.36. The molecule has 1 fully saturated rings. The summed E-state index contributed by atoms with van der Waals surface area (Å²) in [5.41, 5.74) is 2.14. The Balaban J connectivity index is 2.32. The number of hydrogen-bond acceptors (Lipinski definition) is 4. The van der Waals surface area contributed by atoms with E-state index in [4.69, 9.17) is 4.74 Å². The number of benzene rings is 1. The number of rotatable bonds is 3. The van der Waals surface area contributed by atoms with Crippen molar-refractivity contribution in [2.24, 2.45) is 5.92 Å². The molecule has 1 unspecified atom stereocenters. The third-order valence-corrected chi connectivity index (χ3v) is 3.41. The molecule has 6 heteroatoms. The average Bonchev–Trinajstić information content (AvgIpc) is 2.81. The standard InChI is InChI=1S/C15H18N2O4/c1-9-4-5-12(16-10(2)18)13(6-9)17-8-11(7-14(17)19)15(20)21-3/h4-6,11H,7-8H2,1-3H3,(H,16,18). The number of aryl methyl sites for hydroxylation is 1. The number of nitrogens with zero attached hydrogens (tertiary/aromatic N) is 1. The zero-order valence-corrected chi connectivity index (χ0v) is 12.3. The van der Waals surface area contributed by atoms with Gasteiger partial charge in [-0.2, -0.15) is 0 Å². The molecule has 21 heavy (non-hydrogen) atoms. The van der Waals surface area contributed by atoms with E-state index in [1.165, 1.54) is 18.9 Å². The molecule has 1 aliphatic rings. The molecule has 1 N–H and O–H groups in total. The van der Waals surface area contributed by atoms with Crippen LogP contribution in [0.1, 0.15) is 18.9 Å². The third kappa shape index (κ3) is 3.21. The van der Waals surface area contributed by atoms with Gasteiger partial charge in [0.25, 0.3) is 0 Å². The number of anilines is 2. The van der Waals surface area contributed by atoms with Crippen LogP contribution in [-0.2, 0) is 19.1 Å². The Bertz CT molecular complexity index is 597. The van der Waals surface area contributed by atoms with Gasteiger partial charge in [-0.3, -0.25) is 14.4 Å². The lowest BCUT2D eigenvalue weighted by atomic mass is 10.1. The first-order valence-corrected chi connectivity index (χ1v) is 6.68. The number of esters is 1. The van der Waals surface area contributed by atoms with E-state index in [9.17, 15) is 14.4 Å². The summed E-state index contributed by atoms with van der Waals surface area (Å²) >= 11 is 0. The number of carbonyl (C=O) groups excluding carboxylic acids is 3. The molecule has 1 atom stereocenters. The molecule has 2 amide bonds. The van der Waals surface area contributed by atoms with Crippen molar-refractivity contribution in [3.05, 3.63) is 23.8 Å². The van der Waals surface area contributed by atoms with Crippen molar-refractivity contribution in [2.75, 3.05) is 23.9 Å². The molecule has 1 aromatic rings. The molecule has 6 nitrogen and oxygen atoms in total. The molecule has 112 valence electrons. The van der Waals surface area contributed by atoms with Crippen molar-refractivity contribution in [2.45, 2.75) is 20.3 Å². The summed E-state index contributed by atoms with van der Waals surface area (Å²) < 4.78 is 4.70. The Labute approximate surface area is 123 Å². The number of carbonyl (C=O) groups is 3. The van der Waals surface area contributed by atoms with E-state index in [1.807, 2.05) is 19.1 Å². The van der Waals surface area contributed by atoms with Gasteiger partial charge in [0, 0.05) is 19.9 Å². The quantitative estimate of drug-likeness (QED) is 0.856. The highest BCUT2D eigenvalue weighted by atomic mass is 16.5. The van der Waals surface area contributed by atoms with Gasteiger partial charge in [-0.25, -0.2) is 0 Å². The molecule has 0 radical (unpaired) electrons. The number of ether oxygens (including phenoxy) is 1. The molecule has 0 bridgehead atoms. The minimum absolute atomic E-state index is 0.125. The van der Waals surface area contributed by atoms with Crippen LogP contribution < -0.4 is 10.2 Å². The van der Waals surface area contributed by atoms with Gasteiger partial charge < -0.3 is 15.0 Å². The number of nitrogens with one attached hydrogen (secondary N) is 1. The van der Waals surface area contributed by atoms with Crippen LogP contribution in [-0.4, -0.2) is 31.4 Å². The van der Waals surface area contributed by atoms with E-state index in [0.717, 1.165) is 5.56 Å². The maximum Gasteiger partial charge on any atom is 0.311 e. The number of methoxy groups -OCH3 is 1. The maximum atomic E-state index is 12.2. The Hall–Kier alpha value is -2.37. The monoisotopic (exact) mass is 290 g/mol. The van der Waals surface area contributed by atoms with Gasteiger partial charge in [0.2, 0.25) is 11.8 Å². The second-order valence-electron chi connectivity index (χ2n) is 5.13. The summed E-state index contributed by atoms with van der Waals surface area (Å²) in [6.07, 6.45) is 0.125. The van der Waals surface area contributed by atoms with E-state index < -0.39 is 5.92 Å². The first kappa shape index (κ1) is 15.0. The van der Waals surface area contributed by atoms with Crippen molar-refractivity contribution < 1.29 is 19.1 Å². The van der Waals surface area contributed by atoms with Gasteiger partial charge in [-0.1, -0.05) is 6.07 Å². The van der Waals surface area contributed by atoms with Crippen LogP contribution in [0.3, 0.4) is 0 Å². The second kappa shape index (κ2) is 5.95. The van der Waals surface area contributed by atoms with Crippen molar-refractivity contribution in [1.29, 1.82) is 0 Å². The van der Waals surface area contributed by atoms with Crippen molar-refractivity contribution in [1.82, 2.24) is 0 Å². The normalized spacial score (nSPS) is 17.8. The molecular weight excluding hydrogens is 272 g/mol. The van der Waals surface area contributed by atoms with Gasteiger partial charge in [0.1, 0.15) is 0 Å². The molecule has 0 spiro atoms. The lowest BCUT2D eigenvalue weighted by molar-refractivity contribution is -0.145. The molecule has 1 aromatic carbocycles. The number of hydrogen-bond donors (Lipinski definition) is 1. The molecule has 0 aliphatic carbocycles. The SMILES string of the molecule is COC(=O)C1CC(=O)N(c2cc(C)ccc2NC(C)=O)C1. The Morgan fingerprint density at radius 1 is 1.38 bits per heavy atom. The summed E-state index contributed by atoms with van der Waals surface area (Å²) in [4.78, 5) is 36.6. The molecule has 0 saturated carbocycles. The van der Waals surface area contributed by atoms with Crippen LogP contribution >= 0.6 is 0 Å². The predicted molar refractivity (Wildman–Crippen MR) is 78.0 cm³/mol. The van der Waals surface area contributed by atoms with E-state index >= 15 is 0 Å². The van der Waals surface area contributed by atoms with E-state index in [2.05, 4.69) is 5.32 Å². The first-order valence-electron chi connectivity index (χ1n) is 6.68. The number of amides is 2. The largest absolute Gasteiger partial charge is 0.469 e. The molecular formula is C15H18N2O4. The fourth-order valence-corrected chi connectivity index (χ4v) is 2.43. The topological polar surface area (TPSA) is 75.7 Å². The zero-order chi connectivity index (χ0) is 15.6. The minimum atomic E-state index is -0.465. The average molecular weight is 290 g/mol. The first-order chi connectivity index (χ1) is 9.92. The Morgan fingerprint density at radius 2 is 2.10 bits per heavy atom. The fourth-order valence-electron chi connectivity index (χ4n) is 2.43. The lowest BCUT2D eigenvalue weighted by Crippen LogP contribution is -2.27. The van der Waals surface area contributed by atoms with Crippen molar-refractivity contribution in [3.8, 4) is 0 Å². The Kier molecular flexibility index (Phi) is 4.26. The summed E-state index contributed by atoms with van der Waals surface area (Å²) in [5.74, 6) is -1.22. The Morgan fingerprint density at radius 3 is 2.71 bits per heavy atom. The summed E-state index contributed by atoms with van der Waals surface area (Å²) in [5, 5.41) is 2.71. The van der Waals surface area contributed by atoms with E-state index in [-0.39, 0.29) is 30.7 Å². The summed E-state index contributed by atoms with van der Waals surface area (Å²) in [6.45, 7) is 3.58. The molecule has 1 saturated heterocycles. The third-order valence-electron chi connectivity index (χ3n) is 3.41. The van der Waals surface area contributed by atoms with Crippen LogP contribution in [0.4, 0.5) is 11.4 Å². The highest BCUT2D eigenvalue weighted by molar-refractivity contribution is 6.04. The van der Waals surface area contributed by atoms with Crippen molar-refractivity contribution in [3.63, 3.8) is 0 Å². The van der Waals surface area contributed by atoms with Gasteiger partial charge in [0.05, 0.1) is 24.4 Å². The van der Waals surface area contributed by atoms with E-state index in [0.29, 0.717) is 11.4 Å². The molecule has 1 heterocycles. The van der Waals surface area contributed by atoms with Gasteiger partial charge in [0.15, 0.2) is 0 Å². The van der Waals surface area contributed by atoms with Crippen LogP contribution in [0.2, 0.25) is 0 Å². The minimum Gasteiger partial charge on any atom is -0.469 e. The highest BCUT2D eigenvalue weighted by Crippen LogP contribution is 2.32. The molecule has 0 aromatic heterocycles.